The van der Waals surface area contributed by atoms with E-state index < -0.39 is 26.1 Å². The molecule has 0 radical (unpaired) electrons. The summed E-state index contributed by atoms with van der Waals surface area (Å²) in [6, 6.07) is 8.91. The molecular weight excluding hydrogens is 338 g/mol. The van der Waals surface area contributed by atoms with Gasteiger partial charge < -0.3 is 26.0 Å². The van der Waals surface area contributed by atoms with Gasteiger partial charge >= 0.3 is 8.56 Å². The van der Waals surface area contributed by atoms with Crippen LogP contribution in [-0.2, 0) is 16.0 Å². The van der Waals surface area contributed by atoms with Crippen molar-refractivity contribution >= 4 is 20.4 Å². The number of nitrogens with two attached hydrogens (primary N) is 1. The molecule has 8 heteroatoms. The monoisotopic (exact) mass is 365 g/mol. The number of rotatable bonds is 8. The summed E-state index contributed by atoms with van der Waals surface area (Å²) in [5.41, 5.74) is 5.33. The molecule has 2 rings (SSSR count). The molecule has 1 aliphatic rings. The minimum atomic E-state index is -3.92. The molecule has 1 aromatic rings. The van der Waals surface area contributed by atoms with E-state index in [1.165, 1.54) is 0 Å². The first-order chi connectivity index (χ1) is 11.8. The average molecular weight is 366 g/mol. The summed E-state index contributed by atoms with van der Waals surface area (Å²) < 4.78 is 0. The Morgan fingerprint density at radius 1 is 1.36 bits per heavy atom. The first-order valence-corrected chi connectivity index (χ1v) is 10.8. The maximum Gasteiger partial charge on any atom is 0.356 e. The molecule has 138 valence electrons. The van der Waals surface area contributed by atoms with Crippen LogP contribution < -0.4 is 16.4 Å². The average Bonchev–Trinajstić information content (AvgIpc) is 3.09. The summed E-state index contributed by atoms with van der Waals surface area (Å²) in [6.07, 6.45) is 1.94. The van der Waals surface area contributed by atoms with Crippen molar-refractivity contribution in [3.63, 3.8) is 0 Å². The zero-order valence-corrected chi connectivity index (χ0v) is 15.4. The lowest BCUT2D eigenvalue weighted by molar-refractivity contribution is -0.123. The molecule has 1 aliphatic heterocycles. The molecule has 0 bridgehead atoms. The Labute approximate surface area is 148 Å². The van der Waals surface area contributed by atoms with Gasteiger partial charge in [-0.1, -0.05) is 37.3 Å². The van der Waals surface area contributed by atoms with Crippen molar-refractivity contribution in [2.45, 2.75) is 43.9 Å². The zero-order valence-electron chi connectivity index (χ0n) is 14.4. The number of primary amides is 1. The zero-order chi connectivity index (χ0) is 18.4. The van der Waals surface area contributed by atoms with Crippen LogP contribution in [0.4, 0.5) is 0 Å². The first kappa shape index (κ1) is 19.6. The molecule has 1 heterocycles. The van der Waals surface area contributed by atoms with E-state index in [2.05, 4.69) is 10.6 Å². The molecule has 1 saturated heterocycles. The molecule has 0 spiro atoms. The summed E-state index contributed by atoms with van der Waals surface area (Å²) in [7, 11) is -3.92. The van der Waals surface area contributed by atoms with Gasteiger partial charge in [0.25, 0.3) is 0 Å². The molecule has 3 atom stereocenters. The predicted molar refractivity (Wildman–Crippen MR) is 96.5 cm³/mol. The Morgan fingerprint density at radius 3 is 2.60 bits per heavy atom. The van der Waals surface area contributed by atoms with E-state index in [4.69, 9.17) is 5.73 Å². The second-order valence-corrected chi connectivity index (χ2v) is 9.65. The summed E-state index contributed by atoms with van der Waals surface area (Å²) in [5, 5.41) is 5.90. The molecule has 0 saturated carbocycles. The summed E-state index contributed by atoms with van der Waals surface area (Å²) in [4.78, 5) is 45.2. The van der Waals surface area contributed by atoms with Crippen molar-refractivity contribution in [2.24, 2.45) is 11.7 Å². The normalized spacial score (nSPS) is 20.0. The first-order valence-electron chi connectivity index (χ1n) is 8.61. The van der Waals surface area contributed by atoms with Crippen molar-refractivity contribution in [1.82, 2.24) is 10.6 Å². The third-order valence-electron chi connectivity index (χ3n) is 4.63. The van der Waals surface area contributed by atoms with Gasteiger partial charge in [-0.05, 0) is 31.4 Å². The van der Waals surface area contributed by atoms with E-state index in [9.17, 15) is 19.2 Å². The fourth-order valence-corrected chi connectivity index (χ4v) is 5.38. The van der Waals surface area contributed by atoms with E-state index in [0.717, 1.165) is 24.9 Å². The highest BCUT2D eigenvalue weighted by Gasteiger charge is 2.43. The highest BCUT2D eigenvalue weighted by atomic mass is 28.4. The van der Waals surface area contributed by atoms with Gasteiger partial charge in [0.2, 0.25) is 11.8 Å². The lowest BCUT2D eigenvalue weighted by Crippen LogP contribution is -2.61. The SMILES string of the molecule is C[C@H](C[Si](O)(O)[C@H](Cc1ccccc1)NC(=O)[C@@H]1CCCN1)C(N)=O. The quantitative estimate of drug-likeness (QED) is 0.399. The Kier molecular flexibility index (Phi) is 6.71. The van der Waals surface area contributed by atoms with Crippen molar-refractivity contribution in [3.8, 4) is 0 Å². The van der Waals surface area contributed by atoms with Crippen LogP contribution in [0, 0.1) is 5.92 Å². The van der Waals surface area contributed by atoms with Crippen LogP contribution >= 0.6 is 0 Å². The molecule has 0 unspecified atom stereocenters. The molecule has 25 heavy (non-hydrogen) atoms. The Bertz CT molecular complexity index is 591. The number of hydrogen-bond donors (Lipinski definition) is 5. The van der Waals surface area contributed by atoms with Gasteiger partial charge in [-0.3, -0.25) is 9.59 Å². The fourth-order valence-electron chi connectivity index (χ4n) is 3.05. The molecule has 6 N–H and O–H groups in total. The lowest BCUT2D eigenvalue weighted by Gasteiger charge is -2.31. The van der Waals surface area contributed by atoms with Crippen LogP contribution in [0.15, 0.2) is 30.3 Å². The van der Waals surface area contributed by atoms with E-state index in [0.29, 0.717) is 6.42 Å². The molecule has 0 aromatic heterocycles. The number of carbonyl (C=O) groups excluding carboxylic acids is 2. The van der Waals surface area contributed by atoms with E-state index in [1.807, 2.05) is 30.3 Å². The van der Waals surface area contributed by atoms with Gasteiger partial charge in [-0.25, -0.2) is 0 Å². The van der Waals surface area contributed by atoms with Crippen LogP contribution in [-0.4, -0.2) is 48.2 Å². The second kappa shape index (κ2) is 8.57. The fraction of sp³-hybridized carbons (Fsp3) is 0.529. The van der Waals surface area contributed by atoms with E-state index in [1.54, 1.807) is 6.92 Å². The highest BCUT2D eigenvalue weighted by molar-refractivity contribution is 6.67. The number of amides is 2. The van der Waals surface area contributed by atoms with Gasteiger partial charge in [0, 0.05) is 12.0 Å². The van der Waals surface area contributed by atoms with Gasteiger partial charge in [-0.15, -0.1) is 0 Å². The number of benzene rings is 1. The van der Waals surface area contributed by atoms with Crippen molar-refractivity contribution < 1.29 is 19.2 Å². The summed E-state index contributed by atoms with van der Waals surface area (Å²) in [5.74, 6) is -1.48. The summed E-state index contributed by atoms with van der Waals surface area (Å²) in [6.45, 7) is 2.34. The largest absolute Gasteiger partial charge is 0.409 e. The molecule has 0 aliphatic carbocycles. The molecule has 7 nitrogen and oxygen atoms in total. The highest BCUT2D eigenvalue weighted by Crippen LogP contribution is 2.19. The maximum atomic E-state index is 12.4. The Balaban J connectivity index is 2.14. The predicted octanol–water partition coefficient (Wildman–Crippen LogP) is -0.447. The standard InChI is InChI=1S/C17H27N3O4Si/c1-12(16(18)21)11-25(23,24)15(10-13-6-3-2-4-7-13)20-17(22)14-8-5-9-19-14/h2-4,6-7,12,14-15,19,23-24H,5,8-11H2,1H3,(H2,18,21)(H,20,22)/t12-,14+,15-/m1/s1. The Morgan fingerprint density at radius 2 is 2.04 bits per heavy atom. The van der Waals surface area contributed by atoms with Crippen LogP contribution in [0.1, 0.15) is 25.3 Å². The van der Waals surface area contributed by atoms with Crippen LogP contribution in [0.2, 0.25) is 6.04 Å². The minimum absolute atomic E-state index is 0.113. The lowest BCUT2D eigenvalue weighted by atomic mass is 10.1. The van der Waals surface area contributed by atoms with Gasteiger partial charge in [0.15, 0.2) is 0 Å². The molecule has 1 fully saturated rings. The van der Waals surface area contributed by atoms with Crippen molar-refractivity contribution in [3.05, 3.63) is 35.9 Å². The topological polar surface area (TPSA) is 125 Å². The number of nitrogens with one attached hydrogen (secondary N) is 2. The van der Waals surface area contributed by atoms with Crippen molar-refractivity contribution in [2.75, 3.05) is 6.54 Å². The Hall–Kier alpha value is -1.74. The molecule has 1 aromatic carbocycles. The molecular formula is C17H27N3O4Si. The van der Waals surface area contributed by atoms with Crippen LogP contribution in [0.25, 0.3) is 0 Å². The maximum absolute atomic E-state index is 12.4. The van der Waals surface area contributed by atoms with Gasteiger partial charge in [0.05, 0.1) is 11.7 Å². The third kappa shape index (κ3) is 5.64. The van der Waals surface area contributed by atoms with E-state index in [-0.39, 0.29) is 18.0 Å². The van der Waals surface area contributed by atoms with Crippen LogP contribution in [0.3, 0.4) is 0 Å². The third-order valence-corrected chi connectivity index (χ3v) is 7.30. The summed E-state index contributed by atoms with van der Waals surface area (Å²) >= 11 is 0. The van der Waals surface area contributed by atoms with Gasteiger partial charge in [0.1, 0.15) is 0 Å². The minimum Gasteiger partial charge on any atom is -0.409 e. The van der Waals surface area contributed by atoms with E-state index >= 15 is 0 Å². The molecule has 2 amide bonds. The van der Waals surface area contributed by atoms with Crippen molar-refractivity contribution in [1.29, 1.82) is 0 Å². The smallest absolute Gasteiger partial charge is 0.356 e. The number of hydrogen-bond acceptors (Lipinski definition) is 5. The number of carbonyl (C=O) groups is 2. The van der Waals surface area contributed by atoms with Crippen LogP contribution in [0.5, 0.6) is 0 Å². The van der Waals surface area contributed by atoms with Gasteiger partial charge in [-0.2, -0.15) is 0 Å². The second-order valence-electron chi connectivity index (χ2n) is 6.79.